The minimum Gasteiger partial charge on any atom is -0.490 e. The predicted octanol–water partition coefficient (Wildman–Crippen LogP) is 1.44. The maximum absolute atomic E-state index is 11.9. The van der Waals surface area contributed by atoms with Crippen LogP contribution in [0.15, 0.2) is 18.2 Å². The third kappa shape index (κ3) is 3.88. The Morgan fingerprint density at radius 2 is 1.95 bits per heavy atom. The summed E-state index contributed by atoms with van der Waals surface area (Å²) in [5.41, 5.74) is 0.476. The fourth-order valence-corrected chi connectivity index (χ4v) is 1.85. The van der Waals surface area contributed by atoms with Crippen molar-refractivity contribution in [1.29, 1.82) is 0 Å². The van der Waals surface area contributed by atoms with Gasteiger partial charge in [-0.3, -0.25) is 9.59 Å². The molecule has 6 nitrogen and oxygen atoms in total. The van der Waals surface area contributed by atoms with Crippen molar-refractivity contribution in [2.24, 2.45) is 0 Å². The molecular formula is C14H17NO5. The van der Waals surface area contributed by atoms with Crippen LogP contribution in [0, 0.1) is 0 Å². The number of fused-ring (bicyclic) bond motifs is 1. The van der Waals surface area contributed by atoms with Gasteiger partial charge in [-0.2, -0.15) is 0 Å². The highest BCUT2D eigenvalue weighted by molar-refractivity contribution is 5.94. The van der Waals surface area contributed by atoms with Crippen molar-refractivity contribution in [3.63, 3.8) is 0 Å². The van der Waals surface area contributed by atoms with Crippen molar-refractivity contribution in [2.45, 2.75) is 19.3 Å². The molecule has 2 rings (SSSR count). The summed E-state index contributed by atoms with van der Waals surface area (Å²) < 4.78 is 11.0. The summed E-state index contributed by atoms with van der Waals surface area (Å²) in [5, 5.41) is 11.2. The first-order valence-corrected chi connectivity index (χ1v) is 6.56. The van der Waals surface area contributed by atoms with E-state index in [-0.39, 0.29) is 12.3 Å². The molecule has 0 fully saturated rings. The van der Waals surface area contributed by atoms with E-state index in [4.69, 9.17) is 14.6 Å². The second-order valence-electron chi connectivity index (χ2n) is 4.47. The number of carbonyl (C=O) groups excluding carboxylic acids is 1. The number of nitrogens with one attached hydrogen (secondary N) is 1. The average molecular weight is 279 g/mol. The predicted molar refractivity (Wildman–Crippen MR) is 71.3 cm³/mol. The van der Waals surface area contributed by atoms with Crippen LogP contribution < -0.4 is 14.8 Å². The molecule has 1 aromatic rings. The Balaban J connectivity index is 1.93. The van der Waals surface area contributed by atoms with Gasteiger partial charge < -0.3 is 19.9 Å². The number of amides is 1. The number of aliphatic carboxylic acids is 1. The number of rotatable bonds is 5. The fourth-order valence-electron chi connectivity index (χ4n) is 1.85. The van der Waals surface area contributed by atoms with Crippen molar-refractivity contribution < 1.29 is 24.2 Å². The summed E-state index contributed by atoms with van der Waals surface area (Å²) in [7, 11) is 0. The van der Waals surface area contributed by atoms with Gasteiger partial charge in [-0.05, 0) is 24.6 Å². The molecule has 0 spiro atoms. The molecule has 1 aliphatic rings. The van der Waals surface area contributed by atoms with Crippen LogP contribution in [0.2, 0.25) is 0 Å². The summed E-state index contributed by atoms with van der Waals surface area (Å²) >= 11 is 0. The molecule has 1 amide bonds. The van der Waals surface area contributed by atoms with Gasteiger partial charge in [0, 0.05) is 24.9 Å². The highest BCUT2D eigenvalue weighted by atomic mass is 16.5. The SMILES string of the molecule is O=C(O)CCCNC(=O)c1ccc2c(c1)OCCCO2. The molecular weight excluding hydrogens is 262 g/mol. The Morgan fingerprint density at radius 1 is 1.20 bits per heavy atom. The quantitative estimate of drug-likeness (QED) is 0.797. The number of benzene rings is 1. The van der Waals surface area contributed by atoms with Crippen molar-refractivity contribution in [1.82, 2.24) is 5.32 Å². The third-order valence-corrected chi connectivity index (χ3v) is 2.86. The van der Waals surface area contributed by atoms with E-state index in [2.05, 4.69) is 5.32 Å². The lowest BCUT2D eigenvalue weighted by atomic mass is 10.2. The van der Waals surface area contributed by atoms with E-state index in [9.17, 15) is 9.59 Å². The van der Waals surface area contributed by atoms with Crippen molar-refractivity contribution in [3.05, 3.63) is 23.8 Å². The van der Waals surface area contributed by atoms with E-state index in [0.717, 1.165) is 6.42 Å². The normalized spacial score (nSPS) is 13.4. The second-order valence-corrected chi connectivity index (χ2v) is 4.47. The molecule has 0 unspecified atom stereocenters. The molecule has 0 aliphatic carbocycles. The third-order valence-electron chi connectivity index (χ3n) is 2.86. The van der Waals surface area contributed by atoms with Gasteiger partial charge in [-0.1, -0.05) is 0 Å². The number of hydrogen-bond donors (Lipinski definition) is 2. The minimum absolute atomic E-state index is 0.0431. The van der Waals surface area contributed by atoms with Crippen LogP contribution in [0.4, 0.5) is 0 Å². The molecule has 1 heterocycles. The van der Waals surface area contributed by atoms with Gasteiger partial charge in [0.1, 0.15) is 0 Å². The molecule has 0 radical (unpaired) electrons. The Labute approximate surface area is 116 Å². The lowest BCUT2D eigenvalue weighted by molar-refractivity contribution is -0.137. The smallest absolute Gasteiger partial charge is 0.303 e. The van der Waals surface area contributed by atoms with Crippen molar-refractivity contribution in [2.75, 3.05) is 19.8 Å². The molecule has 0 atom stereocenters. The van der Waals surface area contributed by atoms with E-state index in [0.29, 0.717) is 43.2 Å². The van der Waals surface area contributed by atoms with Crippen LogP contribution in [0.3, 0.4) is 0 Å². The lowest BCUT2D eigenvalue weighted by Gasteiger charge is -2.09. The zero-order valence-electron chi connectivity index (χ0n) is 11.1. The monoisotopic (exact) mass is 279 g/mol. The van der Waals surface area contributed by atoms with Gasteiger partial charge in [0.15, 0.2) is 11.5 Å². The van der Waals surface area contributed by atoms with Gasteiger partial charge in [0.05, 0.1) is 13.2 Å². The Hall–Kier alpha value is -2.24. The topological polar surface area (TPSA) is 84.9 Å². The molecule has 0 saturated carbocycles. The summed E-state index contributed by atoms with van der Waals surface area (Å²) in [6.45, 7) is 1.50. The molecule has 0 aromatic heterocycles. The summed E-state index contributed by atoms with van der Waals surface area (Å²) in [6.07, 6.45) is 1.26. The number of carboxylic acids is 1. The van der Waals surface area contributed by atoms with Crippen LogP contribution in [0.25, 0.3) is 0 Å². The van der Waals surface area contributed by atoms with Gasteiger partial charge >= 0.3 is 5.97 Å². The maximum atomic E-state index is 11.9. The summed E-state index contributed by atoms with van der Waals surface area (Å²) in [4.78, 5) is 22.3. The molecule has 2 N–H and O–H groups in total. The van der Waals surface area contributed by atoms with Crippen LogP contribution in [-0.2, 0) is 4.79 Å². The zero-order chi connectivity index (χ0) is 14.4. The van der Waals surface area contributed by atoms with E-state index >= 15 is 0 Å². The Morgan fingerprint density at radius 3 is 2.70 bits per heavy atom. The standard InChI is InChI=1S/C14H17NO5/c16-13(17)3-1-6-15-14(18)10-4-5-11-12(9-10)20-8-2-7-19-11/h4-5,9H,1-3,6-8H2,(H,15,18)(H,16,17). The Bertz CT molecular complexity index is 500. The van der Waals surface area contributed by atoms with Crippen LogP contribution in [-0.4, -0.2) is 36.7 Å². The van der Waals surface area contributed by atoms with Gasteiger partial charge in [0.25, 0.3) is 5.91 Å². The highest BCUT2D eigenvalue weighted by Crippen LogP contribution is 2.30. The number of carboxylic acid groups (broad SMARTS) is 1. The first-order chi connectivity index (χ1) is 9.66. The molecule has 0 saturated heterocycles. The number of ether oxygens (including phenoxy) is 2. The van der Waals surface area contributed by atoms with Gasteiger partial charge in [0.2, 0.25) is 0 Å². The van der Waals surface area contributed by atoms with Gasteiger partial charge in [-0.25, -0.2) is 0 Å². The van der Waals surface area contributed by atoms with E-state index < -0.39 is 5.97 Å². The summed E-state index contributed by atoms with van der Waals surface area (Å²) in [6, 6.07) is 5.03. The largest absolute Gasteiger partial charge is 0.490 e. The van der Waals surface area contributed by atoms with Crippen molar-refractivity contribution >= 4 is 11.9 Å². The lowest BCUT2D eigenvalue weighted by Crippen LogP contribution is -2.24. The molecule has 108 valence electrons. The number of carbonyl (C=O) groups is 2. The van der Waals surface area contributed by atoms with Crippen molar-refractivity contribution in [3.8, 4) is 11.5 Å². The van der Waals surface area contributed by atoms with Crippen LogP contribution >= 0.6 is 0 Å². The minimum atomic E-state index is -0.866. The van der Waals surface area contributed by atoms with Crippen LogP contribution in [0.5, 0.6) is 11.5 Å². The molecule has 20 heavy (non-hydrogen) atoms. The molecule has 1 aliphatic heterocycles. The average Bonchev–Trinajstić information content (AvgIpc) is 2.67. The van der Waals surface area contributed by atoms with Gasteiger partial charge in [-0.15, -0.1) is 0 Å². The molecule has 1 aromatic carbocycles. The maximum Gasteiger partial charge on any atom is 0.303 e. The molecule has 0 bridgehead atoms. The van der Waals surface area contributed by atoms with E-state index in [1.54, 1.807) is 18.2 Å². The number of hydrogen-bond acceptors (Lipinski definition) is 4. The summed E-state index contributed by atoms with van der Waals surface area (Å²) in [5.74, 6) is 0.103. The van der Waals surface area contributed by atoms with E-state index in [1.807, 2.05) is 0 Å². The molecule has 6 heteroatoms. The fraction of sp³-hybridized carbons (Fsp3) is 0.429. The first kappa shape index (κ1) is 14.2. The zero-order valence-corrected chi connectivity index (χ0v) is 11.1. The van der Waals surface area contributed by atoms with Crippen LogP contribution in [0.1, 0.15) is 29.6 Å². The second kappa shape index (κ2) is 6.79. The first-order valence-electron chi connectivity index (χ1n) is 6.56. The highest BCUT2D eigenvalue weighted by Gasteiger charge is 2.13. The van der Waals surface area contributed by atoms with E-state index in [1.165, 1.54) is 0 Å². The Kier molecular flexibility index (Phi) is 4.81.